The van der Waals surface area contributed by atoms with E-state index in [0.29, 0.717) is 13.0 Å². The monoisotopic (exact) mass is 783 g/mol. The Bertz CT molecular complexity index is 1020. The first kappa shape index (κ1) is 52.2. The van der Waals surface area contributed by atoms with Gasteiger partial charge in [-0.3, -0.25) is 13.8 Å². The summed E-state index contributed by atoms with van der Waals surface area (Å²) in [5, 5.41) is 18.3. The maximum Gasteiger partial charge on any atom is 0.472 e. The lowest BCUT2D eigenvalue weighted by Crippen LogP contribution is -2.29. The second-order valence-electron chi connectivity index (χ2n) is 14.0. The van der Waals surface area contributed by atoms with Gasteiger partial charge in [0.15, 0.2) is 0 Å². The van der Waals surface area contributed by atoms with Gasteiger partial charge in [-0.1, -0.05) is 145 Å². The van der Waals surface area contributed by atoms with Crippen molar-refractivity contribution in [2.45, 2.75) is 180 Å². The van der Waals surface area contributed by atoms with E-state index >= 15 is 0 Å². The van der Waals surface area contributed by atoms with Gasteiger partial charge in [-0.25, -0.2) is 4.57 Å². The molecule has 0 rings (SSSR count). The number of rotatable bonds is 40. The molecule has 3 N–H and O–H groups in total. The number of allylic oxidation sites excluding steroid dienone is 10. The van der Waals surface area contributed by atoms with Crippen molar-refractivity contribution in [3.63, 3.8) is 0 Å². The number of carbonyl (C=O) groups excluding carboxylic acids is 1. The molecule has 0 aliphatic heterocycles. The van der Waals surface area contributed by atoms with Crippen molar-refractivity contribution < 1.29 is 43.0 Å². The third-order valence-electron chi connectivity index (χ3n) is 8.69. The fraction of sp³-hybridized carbons (Fsp3) is 0.750. The van der Waals surface area contributed by atoms with Crippen LogP contribution < -0.4 is 0 Å². The van der Waals surface area contributed by atoms with Crippen molar-refractivity contribution in [3.05, 3.63) is 60.8 Å². The van der Waals surface area contributed by atoms with Gasteiger partial charge in [0.05, 0.1) is 26.4 Å². The Labute approximate surface area is 330 Å². The molecule has 0 spiro atoms. The van der Waals surface area contributed by atoms with Crippen molar-refractivity contribution in [2.24, 2.45) is 0 Å². The molecule has 0 radical (unpaired) electrons. The van der Waals surface area contributed by atoms with Gasteiger partial charge in [0.1, 0.15) is 12.2 Å². The minimum absolute atomic E-state index is 0.0327. The zero-order valence-corrected chi connectivity index (χ0v) is 35.1. The van der Waals surface area contributed by atoms with Gasteiger partial charge >= 0.3 is 13.8 Å². The Morgan fingerprint density at radius 1 is 0.593 bits per heavy atom. The number of esters is 1. The van der Waals surface area contributed by atoms with Crippen LogP contribution in [0, 0.1) is 0 Å². The molecule has 0 amide bonds. The second kappa shape index (κ2) is 40.8. The lowest BCUT2D eigenvalue weighted by atomic mass is 10.1. The van der Waals surface area contributed by atoms with Gasteiger partial charge in [0, 0.05) is 13.0 Å². The molecular weight excluding hydrogens is 703 g/mol. The van der Waals surface area contributed by atoms with Gasteiger partial charge < -0.3 is 24.6 Å². The number of aliphatic hydroxyl groups excluding tert-OH is 2. The Balaban J connectivity index is 4.25. The molecule has 0 aromatic heterocycles. The highest BCUT2D eigenvalue weighted by atomic mass is 31.2. The molecule has 0 aliphatic carbocycles. The molecule has 0 fully saturated rings. The van der Waals surface area contributed by atoms with E-state index < -0.39 is 45.8 Å². The molecule has 10 heteroatoms. The lowest BCUT2D eigenvalue weighted by Gasteiger charge is -2.20. The minimum Gasteiger partial charge on any atom is -0.457 e. The summed E-state index contributed by atoms with van der Waals surface area (Å²) >= 11 is 0. The smallest absolute Gasteiger partial charge is 0.457 e. The van der Waals surface area contributed by atoms with E-state index in [2.05, 4.69) is 74.6 Å². The molecule has 3 unspecified atom stereocenters. The van der Waals surface area contributed by atoms with Crippen LogP contribution >= 0.6 is 7.82 Å². The Morgan fingerprint density at radius 2 is 1.06 bits per heavy atom. The highest BCUT2D eigenvalue weighted by molar-refractivity contribution is 7.47. The van der Waals surface area contributed by atoms with E-state index in [1.807, 2.05) is 0 Å². The van der Waals surface area contributed by atoms with Crippen LogP contribution in [0.4, 0.5) is 0 Å². The molecular formula is C44H79O9P. The van der Waals surface area contributed by atoms with Gasteiger partial charge in [-0.2, -0.15) is 0 Å². The summed E-state index contributed by atoms with van der Waals surface area (Å²) in [6.07, 6.45) is 46.0. The summed E-state index contributed by atoms with van der Waals surface area (Å²) in [5.74, 6) is -0.409. The number of unbranched alkanes of at least 4 members (excludes halogenated alkanes) is 16. The molecule has 314 valence electrons. The third kappa shape index (κ3) is 39.8. The molecule has 54 heavy (non-hydrogen) atoms. The SMILES string of the molecule is CC/C=C\C/C=C\C/C=C\C/C=C\CCCCCCC(=O)OC(COCCCCCCCC/C=C\CCCCCCCC)COP(=O)(O)OCC(O)CO. The van der Waals surface area contributed by atoms with E-state index in [4.69, 9.17) is 23.6 Å². The Hall–Kier alpha value is -1.84. The van der Waals surface area contributed by atoms with Crippen LogP contribution in [0.25, 0.3) is 0 Å². The fourth-order valence-corrected chi connectivity index (χ4v) is 6.25. The molecule has 3 atom stereocenters. The molecule has 0 heterocycles. The topological polar surface area (TPSA) is 132 Å². The van der Waals surface area contributed by atoms with Crippen molar-refractivity contribution in [3.8, 4) is 0 Å². The number of aliphatic hydroxyl groups is 2. The van der Waals surface area contributed by atoms with E-state index in [-0.39, 0.29) is 13.0 Å². The van der Waals surface area contributed by atoms with Gasteiger partial charge in [-0.05, 0) is 77.0 Å². The average Bonchev–Trinajstić information content (AvgIpc) is 3.16. The Morgan fingerprint density at radius 3 is 1.61 bits per heavy atom. The number of ether oxygens (including phenoxy) is 2. The van der Waals surface area contributed by atoms with Crippen LogP contribution in [-0.2, 0) is 27.9 Å². The maximum absolute atomic E-state index is 12.6. The summed E-state index contributed by atoms with van der Waals surface area (Å²) in [7, 11) is -4.53. The lowest BCUT2D eigenvalue weighted by molar-refractivity contribution is -0.154. The summed E-state index contributed by atoms with van der Waals surface area (Å²) in [4.78, 5) is 22.6. The van der Waals surface area contributed by atoms with Crippen LogP contribution in [0.3, 0.4) is 0 Å². The standard InChI is InChI=1S/C44H79O9P/c1-3-5-7-9-11-13-15-17-19-21-22-24-26-28-30-32-34-36-44(47)53-43(41-52-54(48,49)51-39-42(46)38-45)40-50-37-35-33-31-29-27-25-23-20-18-16-14-12-10-8-6-4-2/h5,7,11,13,17-20,22,24,42-43,45-46H,3-4,6,8-10,12,14-16,21,23,25-41H2,1-2H3,(H,48,49)/b7-5-,13-11-,19-17-,20-18-,24-22-. The largest absolute Gasteiger partial charge is 0.472 e. The van der Waals surface area contributed by atoms with E-state index in [9.17, 15) is 19.4 Å². The normalized spacial score (nSPS) is 14.7. The number of phosphoric acid groups is 1. The van der Waals surface area contributed by atoms with Gasteiger partial charge in [0.25, 0.3) is 0 Å². The summed E-state index contributed by atoms with van der Waals surface area (Å²) in [6, 6.07) is 0. The summed E-state index contributed by atoms with van der Waals surface area (Å²) in [5.41, 5.74) is 0. The predicted octanol–water partition coefficient (Wildman–Crippen LogP) is 11.6. The van der Waals surface area contributed by atoms with Gasteiger partial charge in [-0.15, -0.1) is 0 Å². The predicted molar refractivity (Wildman–Crippen MR) is 223 cm³/mol. The molecule has 0 saturated carbocycles. The van der Waals surface area contributed by atoms with Crippen LogP contribution in [-0.4, -0.2) is 66.3 Å². The molecule has 0 aromatic carbocycles. The zero-order chi connectivity index (χ0) is 39.6. The minimum atomic E-state index is -4.53. The summed E-state index contributed by atoms with van der Waals surface area (Å²) < 4.78 is 33.3. The number of hydrogen-bond acceptors (Lipinski definition) is 8. The molecule has 0 aromatic rings. The molecule has 9 nitrogen and oxygen atoms in total. The first-order chi connectivity index (χ1) is 26.3. The zero-order valence-electron chi connectivity index (χ0n) is 34.2. The van der Waals surface area contributed by atoms with Crippen molar-refractivity contribution in [1.82, 2.24) is 0 Å². The van der Waals surface area contributed by atoms with E-state index in [1.165, 1.54) is 64.2 Å². The van der Waals surface area contributed by atoms with Crippen molar-refractivity contribution in [2.75, 3.05) is 33.0 Å². The van der Waals surface area contributed by atoms with E-state index in [0.717, 1.165) is 77.0 Å². The molecule has 0 bridgehead atoms. The average molecular weight is 783 g/mol. The third-order valence-corrected chi connectivity index (χ3v) is 9.64. The van der Waals surface area contributed by atoms with Crippen LogP contribution in [0.2, 0.25) is 0 Å². The first-order valence-electron chi connectivity index (χ1n) is 21.3. The van der Waals surface area contributed by atoms with Crippen molar-refractivity contribution >= 4 is 13.8 Å². The Kier molecular flexibility index (Phi) is 39.4. The summed E-state index contributed by atoms with van der Waals surface area (Å²) in [6.45, 7) is 3.34. The van der Waals surface area contributed by atoms with Gasteiger partial charge in [0.2, 0.25) is 0 Å². The number of hydrogen-bond donors (Lipinski definition) is 3. The van der Waals surface area contributed by atoms with Crippen molar-refractivity contribution in [1.29, 1.82) is 0 Å². The molecule has 0 aliphatic rings. The second-order valence-corrected chi connectivity index (χ2v) is 15.4. The van der Waals surface area contributed by atoms with E-state index in [1.54, 1.807) is 0 Å². The first-order valence-corrected chi connectivity index (χ1v) is 22.8. The number of phosphoric ester groups is 1. The number of carbonyl (C=O) groups is 1. The highest BCUT2D eigenvalue weighted by Gasteiger charge is 2.26. The maximum atomic E-state index is 12.6. The molecule has 0 saturated heterocycles. The van der Waals surface area contributed by atoms with Crippen LogP contribution in [0.15, 0.2) is 60.8 Å². The quantitative estimate of drug-likeness (QED) is 0.0240. The van der Waals surface area contributed by atoms with Crippen LogP contribution in [0.1, 0.15) is 168 Å². The highest BCUT2D eigenvalue weighted by Crippen LogP contribution is 2.43. The van der Waals surface area contributed by atoms with Crippen LogP contribution in [0.5, 0.6) is 0 Å². The fourth-order valence-electron chi connectivity index (χ4n) is 5.46.